The summed E-state index contributed by atoms with van der Waals surface area (Å²) in [5.74, 6) is -0.428. The maximum atomic E-state index is 12.5. The van der Waals surface area contributed by atoms with Crippen molar-refractivity contribution in [1.82, 2.24) is 0 Å². The molecule has 0 aliphatic heterocycles. The lowest BCUT2D eigenvalue weighted by molar-refractivity contribution is -0.144. The fraction of sp³-hybridized carbons (Fsp3) is 0.562. The van der Waals surface area contributed by atoms with E-state index < -0.39 is 0 Å². The molecule has 0 aliphatic carbocycles. The molecule has 0 aromatic heterocycles. The molecule has 37 heavy (non-hydrogen) atoms. The second-order valence-corrected chi connectivity index (χ2v) is 10.9. The van der Waals surface area contributed by atoms with Gasteiger partial charge in [0.2, 0.25) is 0 Å². The third-order valence-corrected chi connectivity index (χ3v) is 7.20. The molecule has 1 atom stereocenters. The summed E-state index contributed by atoms with van der Waals surface area (Å²) in [5, 5.41) is 0. The Kier molecular flexibility index (Phi) is 16.9. The molecule has 0 aliphatic rings. The molecule has 204 valence electrons. The fourth-order valence-corrected chi connectivity index (χ4v) is 4.68. The average molecular weight is 574 g/mol. The molecule has 0 saturated heterocycles. The van der Waals surface area contributed by atoms with Crippen LogP contribution in [0.5, 0.6) is 0 Å². The van der Waals surface area contributed by atoms with Crippen LogP contribution in [0.3, 0.4) is 0 Å². The van der Waals surface area contributed by atoms with Gasteiger partial charge < -0.3 is 9.47 Å². The smallest absolute Gasteiger partial charge is 0.306 e. The summed E-state index contributed by atoms with van der Waals surface area (Å²) in [7, 11) is 0. The van der Waals surface area contributed by atoms with Crippen molar-refractivity contribution in [3.05, 3.63) is 70.2 Å². The van der Waals surface area contributed by atoms with Crippen LogP contribution in [0.2, 0.25) is 0 Å². The molecule has 0 fully saturated rings. The fourth-order valence-electron chi connectivity index (χ4n) is 4.42. The van der Waals surface area contributed by atoms with Crippen molar-refractivity contribution in [3.63, 3.8) is 0 Å². The van der Waals surface area contributed by atoms with Crippen molar-refractivity contribution in [2.75, 3.05) is 13.2 Å². The Bertz CT molecular complexity index is 866. The highest BCUT2D eigenvalue weighted by molar-refractivity contribution is 9.10. The Morgan fingerprint density at radius 1 is 0.784 bits per heavy atom. The zero-order valence-corrected chi connectivity index (χ0v) is 24.2. The number of halogens is 1. The van der Waals surface area contributed by atoms with E-state index in [1.165, 1.54) is 64.2 Å². The van der Waals surface area contributed by atoms with E-state index in [9.17, 15) is 9.59 Å². The topological polar surface area (TPSA) is 52.6 Å². The first-order valence-electron chi connectivity index (χ1n) is 14.1. The number of unbranched alkanes of at least 4 members (excludes halogenated alkanes) is 10. The van der Waals surface area contributed by atoms with Crippen LogP contribution in [0.25, 0.3) is 0 Å². The van der Waals surface area contributed by atoms with E-state index in [-0.39, 0.29) is 30.7 Å². The molecule has 0 bridgehead atoms. The number of ketones is 1. The highest BCUT2D eigenvalue weighted by Crippen LogP contribution is 2.19. The molecular weight excluding hydrogens is 528 g/mol. The summed E-state index contributed by atoms with van der Waals surface area (Å²) in [6, 6.07) is 17.2. The molecule has 0 heterocycles. The maximum Gasteiger partial charge on any atom is 0.306 e. The number of hydrogen-bond donors (Lipinski definition) is 0. The van der Waals surface area contributed by atoms with Gasteiger partial charge in [-0.1, -0.05) is 136 Å². The molecule has 0 amide bonds. The lowest BCUT2D eigenvalue weighted by atomic mass is 9.97. The number of benzene rings is 2. The SMILES string of the molecule is CCCCCCCCCCCCC[C@@H](COCc1ccccc1)CC(=O)OCC(=O)c1ccc(Br)cc1. The Morgan fingerprint density at radius 3 is 2.00 bits per heavy atom. The van der Waals surface area contributed by atoms with E-state index in [1.807, 2.05) is 42.5 Å². The number of Topliss-reactive ketones (excluding diaryl/α,β-unsaturated/α-hetero) is 1. The van der Waals surface area contributed by atoms with Crippen LogP contribution >= 0.6 is 15.9 Å². The third kappa shape index (κ3) is 15.1. The van der Waals surface area contributed by atoms with Gasteiger partial charge in [-0.05, 0) is 30.0 Å². The maximum absolute atomic E-state index is 12.5. The summed E-state index contributed by atoms with van der Waals surface area (Å²) >= 11 is 3.36. The lowest BCUT2D eigenvalue weighted by Gasteiger charge is -2.17. The molecule has 2 aromatic carbocycles. The number of hydrogen-bond acceptors (Lipinski definition) is 4. The standard InChI is InChI=1S/C32H45BrO4/c1-2-3-4-5-6-7-8-9-10-11-13-18-28(25-36-24-27-16-14-12-15-17-27)23-32(35)37-26-31(34)29-19-21-30(33)22-20-29/h12,14-17,19-22,28H,2-11,13,18,23-26H2,1H3/t28-/m1/s1. The van der Waals surface area contributed by atoms with Gasteiger partial charge in [-0.15, -0.1) is 0 Å². The van der Waals surface area contributed by atoms with E-state index in [0.717, 1.165) is 22.9 Å². The Labute approximate surface area is 232 Å². The van der Waals surface area contributed by atoms with Gasteiger partial charge in [-0.25, -0.2) is 0 Å². The highest BCUT2D eigenvalue weighted by Gasteiger charge is 2.17. The first-order valence-corrected chi connectivity index (χ1v) is 14.9. The van der Waals surface area contributed by atoms with Gasteiger partial charge in [0.05, 0.1) is 19.6 Å². The first-order chi connectivity index (χ1) is 18.1. The Balaban J connectivity index is 1.69. The molecule has 0 radical (unpaired) electrons. The Morgan fingerprint density at radius 2 is 1.38 bits per heavy atom. The van der Waals surface area contributed by atoms with Crippen LogP contribution in [-0.2, 0) is 20.9 Å². The summed E-state index contributed by atoms with van der Waals surface area (Å²) in [6.45, 7) is 3.08. The van der Waals surface area contributed by atoms with E-state index in [0.29, 0.717) is 18.8 Å². The summed E-state index contributed by atoms with van der Waals surface area (Å²) < 4.78 is 12.2. The average Bonchev–Trinajstić information content (AvgIpc) is 2.91. The van der Waals surface area contributed by atoms with Crippen LogP contribution in [0, 0.1) is 5.92 Å². The van der Waals surface area contributed by atoms with Crippen molar-refractivity contribution < 1.29 is 19.1 Å². The molecule has 4 nitrogen and oxygen atoms in total. The van der Waals surface area contributed by atoms with Crippen molar-refractivity contribution in [3.8, 4) is 0 Å². The zero-order valence-electron chi connectivity index (χ0n) is 22.6. The highest BCUT2D eigenvalue weighted by atomic mass is 79.9. The Hall–Kier alpha value is -1.98. The quantitative estimate of drug-likeness (QED) is 0.0849. The van der Waals surface area contributed by atoms with Gasteiger partial charge >= 0.3 is 5.97 Å². The van der Waals surface area contributed by atoms with Crippen LogP contribution in [0.4, 0.5) is 0 Å². The molecule has 0 saturated carbocycles. The number of ether oxygens (including phenoxy) is 2. The summed E-state index contributed by atoms with van der Waals surface area (Å²) in [4.78, 5) is 24.9. The van der Waals surface area contributed by atoms with Gasteiger partial charge in [-0.3, -0.25) is 9.59 Å². The van der Waals surface area contributed by atoms with Crippen LogP contribution in [-0.4, -0.2) is 25.0 Å². The van der Waals surface area contributed by atoms with E-state index in [2.05, 4.69) is 22.9 Å². The first kappa shape index (κ1) is 31.2. The van der Waals surface area contributed by atoms with Crippen molar-refractivity contribution in [1.29, 1.82) is 0 Å². The summed E-state index contributed by atoms with van der Waals surface area (Å²) in [6.07, 6.45) is 15.5. The molecule has 2 rings (SSSR count). The van der Waals surface area contributed by atoms with Gasteiger partial charge in [0.25, 0.3) is 0 Å². The van der Waals surface area contributed by atoms with Crippen molar-refractivity contribution in [2.45, 2.75) is 97.0 Å². The van der Waals surface area contributed by atoms with Crippen molar-refractivity contribution in [2.24, 2.45) is 5.92 Å². The van der Waals surface area contributed by atoms with Gasteiger partial charge in [0.15, 0.2) is 12.4 Å². The van der Waals surface area contributed by atoms with E-state index in [1.54, 1.807) is 12.1 Å². The predicted octanol–water partition coefficient (Wildman–Crippen LogP) is 9.10. The lowest BCUT2D eigenvalue weighted by Crippen LogP contribution is -2.19. The molecule has 2 aromatic rings. The van der Waals surface area contributed by atoms with Gasteiger partial charge in [-0.2, -0.15) is 0 Å². The third-order valence-electron chi connectivity index (χ3n) is 6.67. The van der Waals surface area contributed by atoms with Gasteiger partial charge in [0.1, 0.15) is 0 Å². The minimum absolute atomic E-state index is 0.0950. The molecule has 0 N–H and O–H groups in total. The number of carbonyl (C=O) groups excluding carboxylic acids is 2. The minimum atomic E-state index is -0.332. The molecular formula is C32H45BrO4. The number of rotatable bonds is 21. The van der Waals surface area contributed by atoms with Gasteiger partial charge in [0, 0.05) is 10.0 Å². The molecule has 5 heteroatoms. The normalized spacial score (nSPS) is 11.8. The van der Waals surface area contributed by atoms with Crippen LogP contribution in [0.15, 0.2) is 59.1 Å². The zero-order chi connectivity index (χ0) is 26.6. The van der Waals surface area contributed by atoms with Crippen molar-refractivity contribution >= 4 is 27.7 Å². The minimum Gasteiger partial charge on any atom is -0.457 e. The van der Waals surface area contributed by atoms with Crippen LogP contribution in [0.1, 0.15) is 106 Å². The van der Waals surface area contributed by atoms with E-state index >= 15 is 0 Å². The van der Waals surface area contributed by atoms with E-state index in [4.69, 9.17) is 9.47 Å². The monoisotopic (exact) mass is 572 g/mol. The molecule has 0 unspecified atom stereocenters. The second-order valence-electron chi connectivity index (χ2n) is 9.99. The largest absolute Gasteiger partial charge is 0.457 e. The number of carbonyl (C=O) groups is 2. The molecule has 0 spiro atoms. The second kappa shape index (κ2) is 20.0. The number of esters is 1. The predicted molar refractivity (Wildman–Crippen MR) is 155 cm³/mol. The van der Waals surface area contributed by atoms with Crippen LogP contribution < -0.4 is 0 Å². The summed E-state index contributed by atoms with van der Waals surface area (Å²) in [5.41, 5.74) is 1.67.